The maximum Gasteiger partial charge on any atom is 0.179 e. The van der Waals surface area contributed by atoms with Crippen LogP contribution in [0.2, 0.25) is 0 Å². The number of phenolic OH excluding ortho intramolecular Hbond substituents is 1. The highest BCUT2D eigenvalue weighted by atomic mass is 16.3. The normalized spacial score (nSPS) is 27.9. The van der Waals surface area contributed by atoms with Crippen molar-refractivity contribution in [3.8, 4) is 5.75 Å². The number of hydrogen-bond donors (Lipinski definition) is 2. The number of benzene rings is 2. The number of aromatic hydroxyl groups is 1. The number of rotatable bonds is 4. The van der Waals surface area contributed by atoms with Crippen molar-refractivity contribution >= 4 is 5.78 Å². The van der Waals surface area contributed by atoms with E-state index in [1.54, 1.807) is 24.3 Å². The summed E-state index contributed by atoms with van der Waals surface area (Å²) in [5.74, 6) is 0.781. The number of carbonyl (C=O) groups is 1. The Morgan fingerprint density at radius 1 is 0.833 bits per heavy atom. The zero-order chi connectivity index (χ0) is 25.4. The molecular formula is C32H45NO3. The van der Waals surface area contributed by atoms with Crippen molar-refractivity contribution in [1.82, 2.24) is 4.90 Å². The highest BCUT2D eigenvalue weighted by molar-refractivity contribution is 6.00. The van der Waals surface area contributed by atoms with E-state index in [0.717, 1.165) is 37.8 Å². The van der Waals surface area contributed by atoms with Crippen LogP contribution in [-0.2, 0) is 5.60 Å². The van der Waals surface area contributed by atoms with E-state index < -0.39 is 5.60 Å². The molecule has 2 N–H and O–H groups in total. The van der Waals surface area contributed by atoms with Crippen LogP contribution in [0.1, 0.15) is 106 Å². The second-order valence-electron chi connectivity index (χ2n) is 11.3. The number of Topliss-reactive ketones (excluding diaryl/α,β-unsaturated/α-hetero) is 1. The predicted molar refractivity (Wildman–Crippen MR) is 146 cm³/mol. The Bertz CT molecular complexity index is 944. The Labute approximate surface area is 217 Å². The van der Waals surface area contributed by atoms with Gasteiger partial charge in [0.25, 0.3) is 0 Å². The van der Waals surface area contributed by atoms with Gasteiger partial charge in [-0.1, -0.05) is 81.7 Å². The van der Waals surface area contributed by atoms with E-state index >= 15 is 0 Å². The van der Waals surface area contributed by atoms with Crippen LogP contribution in [-0.4, -0.2) is 39.5 Å². The summed E-state index contributed by atoms with van der Waals surface area (Å²) in [7, 11) is 0. The number of ketones is 1. The third-order valence-electron chi connectivity index (χ3n) is 8.70. The number of hydrogen-bond acceptors (Lipinski definition) is 4. The average molecular weight is 492 g/mol. The first-order valence-electron chi connectivity index (χ1n) is 14.3. The summed E-state index contributed by atoms with van der Waals surface area (Å²) in [5, 5.41) is 21.9. The predicted octanol–water partition coefficient (Wildman–Crippen LogP) is 7.24. The summed E-state index contributed by atoms with van der Waals surface area (Å²) in [4.78, 5) is 16.0. The SMILES string of the molecule is CC(C(=O)c1ccc(O)cc1)N1CCCCCCCCCCC2CCC1CC(O)(c1ccccc1)C2. The molecule has 0 radical (unpaired) electrons. The molecule has 2 aliphatic rings. The van der Waals surface area contributed by atoms with Crippen LogP contribution in [0, 0.1) is 5.92 Å². The summed E-state index contributed by atoms with van der Waals surface area (Å²) in [6.45, 7) is 2.92. The van der Waals surface area contributed by atoms with E-state index in [-0.39, 0.29) is 23.6 Å². The van der Waals surface area contributed by atoms with E-state index in [4.69, 9.17) is 0 Å². The Kier molecular flexibility index (Phi) is 9.61. The lowest BCUT2D eigenvalue weighted by atomic mass is 9.80. The molecule has 2 aromatic carbocycles. The van der Waals surface area contributed by atoms with Crippen molar-refractivity contribution in [2.45, 2.75) is 108 Å². The summed E-state index contributed by atoms with van der Waals surface area (Å²) in [5.41, 5.74) is 0.783. The molecule has 4 heteroatoms. The quantitative estimate of drug-likeness (QED) is 0.443. The van der Waals surface area contributed by atoms with Gasteiger partial charge in [0.05, 0.1) is 11.6 Å². The topological polar surface area (TPSA) is 60.8 Å². The van der Waals surface area contributed by atoms with Gasteiger partial charge < -0.3 is 10.2 Å². The molecule has 2 aromatic rings. The number of carbonyl (C=O) groups excluding carboxylic acids is 1. The molecule has 4 unspecified atom stereocenters. The third-order valence-corrected chi connectivity index (χ3v) is 8.70. The van der Waals surface area contributed by atoms with Crippen molar-refractivity contribution in [1.29, 1.82) is 0 Å². The van der Waals surface area contributed by atoms with Gasteiger partial charge >= 0.3 is 0 Å². The largest absolute Gasteiger partial charge is 0.508 e. The fraction of sp³-hybridized carbons (Fsp3) is 0.594. The van der Waals surface area contributed by atoms with Gasteiger partial charge in [0, 0.05) is 11.6 Å². The number of fused-ring (bicyclic) bond motifs is 3. The van der Waals surface area contributed by atoms with Gasteiger partial charge in [0.1, 0.15) is 5.75 Å². The molecule has 1 saturated carbocycles. The highest BCUT2D eigenvalue weighted by Gasteiger charge is 2.41. The van der Waals surface area contributed by atoms with Gasteiger partial charge in [-0.25, -0.2) is 0 Å². The van der Waals surface area contributed by atoms with Gasteiger partial charge in [-0.15, -0.1) is 0 Å². The first kappa shape index (κ1) is 26.9. The van der Waals surface area contributed by atoms with E-state index in [1.165, 1.54) is 51.4 Å². The second-order valence-corrected chi connectivity index (χ2v) is 11.3. The minimum atomic E-state index is -0.871. The monoisotopic (exact) mass is 491 g/mol. The Balaban J connectivity index is 1.63. The van der Waals surface area contributed by atoms with Crippen molar-refractivity contribution in [2.75, 3.05) is 6.54 Å². The van der Waals surface area contributed by atoms with Gasteiger partial charge in [0.2, 0.25) is 0 Å². The molecule has 1 saturated heterocycles. The zero-order valence-corrected chi connectivity index (χ0v) is 22.1. The molecule has 4 nitrogen and oxygen atoms in total. The average Bonchev–Trinajstić information content (AvgIpc) is 3.06. The summed E-state index contributed by atoms with van der Waals surface area (Å²) >= 11 is 0. The lowest BCUT2D eigenvalue weighted by Gasteiger charge is -2.39. The molecule has 196 valence electrons. The molecule has 0 spiro atoms. The summed E-state index contributed by atoms with van der Waals surface area (Å²) in [6, 6.07) is 16.8. The van der Waals surface area contributed by atoms with Crippen LogP contribution in [0.4, 0.5) is 0 Å². The van der Waals surface area contributed by atoms with Crippen LogP contribution in [0.5, 0.6) is 5.75 Å². The molecule has 0 amide bonds. The molecule has 4 rings (SSSR count). The second kappa shape index (κ2) is 12.9. The van der Waals surface area contributed by atoms with Crippen molar-refractivity contribution < 1.29 is 15.0 Å². The highest BCUT2D eigenvalue weighted by Crippen LogP contribution is 2.42. The lowest BCUT2D eigenvalue weighted by molar-refractivity contribution is -0.0163. The third kappa shape index (κ3) is 6.98. The van der Waals surface area contributed by atoms with Crippen LogP contribution >= 0.6 is 0 Å². The van der Waals surface area contributed by atoms with E-state index in [9.17, 15) is 15.0 Å². The molecular weight excluding hydrogens is 446 g/mol. The fourth-order valence-corrected chi connectivity index (χ4v) is 6.59. The molecule has 0 aromatic heterocycles. The van der Waals surface area contributed by atoms with Crippen molar-refractivity contribution in [2.24, 2.45) is 5.92 Å². The van der Waals surface area contributed by atoms with Crippen LogP contribution in [0.15, 0.2) is 54.6 Å². The summed E-state index contributed by atoms with van der Waals surface area (Å²) < 4.78 is 0. The lowest BCUT2D eigenvalue weighted by Crippen LogP contribution is -2.48. The van der Waals surface area contributed by atoms with Crippen molar-refractivity contribution in [3.63, 3.8) is 0 Å². The van der Waals surface area contributed by atoms with Crippen LogP contribution in [0.25, 0.3) is 0 Å². The van der Waals surface area contributed by atoms with Gasteiger partial charge in [-0.2, -0.15) is 0 Å². The maximum absolute atomic E-state index is 13.6. The molecule has 1 aliphatic carbocycles. The van der Waals surface area contributed by atoms with Gasteiger partial charge in [0.15, 0.2) is 5.78 Å². The Hall–Kier alpha value is -2.17. The standard InChI is InChI=1S/C32H45NO3/c1-25(31(35)27-17-20-30(34)21-18-27)33-22-12-7-5-3-2-4-6-9-13-26-16-19-29(33)24-32(36,23-26)28-14-10-8-11-15-28/h8,10-11,14-15,17-18,20-21,25-26,29,34,36H,2-7,9,12-13,16,19,22-24H2,1H3. The molecule has 4 atom stereocenters. The Morgan fingerprint density at radius 3 is 2.17 bits per heavy atom. The fourth-order valence-electron chi connectivity index (χ4n) is 6.59. The molecule has 1 heterocycles. The number of phenols is 1. The molecule has 36 heavy (non-hydrogen) atoms. The van der Waals surface area contributed by atoms with Crippen LogP contribution < -0.4 is 0 Å². The first-order valence-corrected chi connectivity index (χ1v) is 14.3. The minimum absolute atomic E-state index is 0.0944. The number of aliphatic hydroxyl groups is 1. The van der Waals surface area contributed by atoms with E-state index in [0.29, 0.717) is 17.9 Å². The Morgan fingerprint density at radius 2 is 1.47 bits per heavy atom. The van der Waals surface area contributed by atoms with Crippen molar-refractivity contribution in [3.05, 3.63) is 65.7 Å². The molecule has 1 aliphatic heterocycles. The minimum Gasteiger partial charge on any atom is -0.508 e. The summed E-state index contributed by atoms with van der Waals surface area (Å²) in [6.07, 6.45) is 14.8. The maximum atomic E-state index is 13.6. The van der Waals surface area contributed by atoms with E-state index in [1.807, 2.05) is 25.1 Å². The van der Waals surface area contributed by atoms with Crippen LogP contribution in [0.3, 0.4) is 0 Å². The zero-order valence-electron chi connectivity index (χ0n) is 22.1. The smallest absolute Gasteiger partial charge is 0.179 e. The van der Waals surface area contributed by atoms with Gasteiger partial charge in [-0.05, 0) is 81.3 Å². The first-order chi connectivity index (χ1) is 17.5. The van der Waals surface area contributed by atoms with Gasteiger partial charge in [-0.3, -0.25) is 9.69 Å². The molecule has 2 bridgehead atoms. The van der Waals surface area contributed by atoms with E-state index in [2.05, 4.69) is 17.0 Å². The number of nitrogens with zero attached hydrogens (tertiary/aromatic N) is 1. The molecule has 2 fully saturated rings.